The third-order valence-electron chi connectivity index (χ3n) is 6.02. The van der Waals surface area contributed by atoms with Crippen LogP contribution in [-0.2, 0) is 0 Å². The van der Waals surface area contributed by atoms with E-state index in [1.165, 1.54) is 0 Å². The van der Waals surface area contributed by atoms with Crippen molar-refractivity contribution < 1.29 is 0 Å². The van der Waals surface area contributed by atoms with Crippen LogP contribution in [0.25, 0.3) is 22.5 Å². The van der Waals surface area contributed by atoms with Gasteiger partial charge in [-0.25, -0.2) is 0 Å². The van der Waals surface area contributed by atoms with E-state index in [1.807, 2.05) is 92.7 Å². The Kier molecular flexibility index (Phi) is 5.18. The molecule has 6 nitrogen and oxygen atoms in total. The van der Waals surface area contributed by atoms with E-state index in [1.54, 1.807) is 0 Å². The van der Waals surface area contributed by atoms with Crippen LogP contribution in [0.15, 0.2) is 88.5 Å². The van der Waals surface area contributed by atoms with Crippen LogP contribution in [0.1, 0.15) is 33.7 Å². The molecule has 0 unspecified atom stereocenters. The third-order valence-corrected chi connectivity index (χ3v) is 6.02. The summed E-state index contributed by atoms with van der Waals surface area (Å²) in [5, 5.41) is 11.6. The van der Waals surface area contributed by atoms with Gasteiger partial charge in [-0.1, -0.05) is 90.0 Å². The lowest BCUT2D eigenvalue weighted by Gasteiger charge is -2.18. The molecule has 0 fully saturated rings. The van der Waals surface area contributed by atoms with Crippen LogP contribution in [0.3, 0.4) is 0 Å². The maximum absolute atomic E-state index is 13.2. The van der Waals surface area contributed by atoms with Crippen molar-refractivity contribution in [3.05, 3.63) is 127 Å². The summed E-state index contributed by atoms with van der Waals surface area (Å²) in [6.07, 6.45) is 0. The summed E-state index contributed by atoms with van der Waals surface area (Å²) < 4.78 is 0. The quantitative estimate of drug-likeness (QED) is 0.317. The molecule has 2 aromatic heterocycles. The van der Waals surface area contributed by atoms with Crippen LogP contribution in [0.4, 0.5) is 0 Å². The highest BCUT2D eigenvalue weighted by atomic mass is 16.1. The second-order valence-electron chi connectivity index (χ2n) is 8.31. The lowest BCUT2D eigenvalue weighted by atomic mass is 9.83. The Bertz CT molecular complexity index is 1400. The van der Waals surface area contributed by atoms with Gasteiger partial charge in [0.15, 0.2) is 0 Å². The fourth-order valence-corrected chi connectivity index (χ4v) is 4.30. The normalized spacial score (nSPS) is 11.2. The van der Waals surface area contributed by atoms with E-state index in [-0.39, 0.29) is 11.1 Å². The molecule has 0 aliphatic carbocycles. The molecule has 0 saturated carbocycles. The number of nitrogens with one attached hydrogen (secondary N) is 4. The number of aromatic nitrogens is 4. The van der Waals surface area contributed by atoms with Crippen LogP contribution in [0.5, 0.6) is 0 Å². The number of benzene rings is 3. The van der Waals surface area contributed by atoms with Crippen LogP contribution in [-0.4, -0.2) is 20.4 Å². The van der Waals surface area contributed by atoms with E-state index in [4.69, 9.17) is 0 Å². The number of aryl methyl sites for hydroxylation is 2. The zero-order valence-corrected chi connectivity index (χ0v) is 18.4. The maximum atomic E-state index is 13.2. The molecule has 5 rings (SSSR count). The Labute approximate surface area is 190 Å². The average Bonchev–Trinajstić information content (AvgIpc) is 3.39. The SMILES string of the molecule is Cc1ccc(-c2[nH][nH]c(=O)c2C(c2ccccc2)c2c(-c3ccc(C)cc3)[nH][nH]c2=O)cc1. The first-order valence-corrected chi connectivity index (χ1v) is 10.8. The summed E-state index contributed by atoms with van der Waals surface area (Å²) >= 11 is 0. The molecule has 0 aliphatic heterocycles. The summed E-state index contributed by atoms with van der Waals surface area (Å²) in [4.78, 5) is 26.4. The number of rotatable bonds is 5. The van der Waals surface area contributed by atoms with Gasteiger partial charge in [0.2, 0.25) is 0 Å². The van der Waals surface area contributed by atoms with Gasteiger partial charge in [0.25, 0.3) is 11.1 Å². The predicted octanol–water partition coefficient (Wildman–Crippen LogP) is 4.85. The van der Waals surface area contributed by atoms with Crippen LogP contribution >= 0.6 is 0 Å². The molecular formula is C27H24N4O2. The van der Waals surface area contributed by atoms with Gasteiger partial charge < -0.3 is 0 Å². The molecule has 0 saturated heterocycles. The molecule has 2 heterocycles. The topological polar surface area (TPSA) is 97.3 Å². The highest BCUT2D eigenvalue weighted by molar-refractivity contribution is 5.70. The Balaban J connectivity index is 1.79. The molecule has 4 N–H and O–H groups in total. The van der Waals surface area contributed by atoms with E-state index in [0.29, 0.717) is 22.5 Å². The van der Waals surface area contributed by atoms with E-state index in [9.17, 15) is 9.59 Å². The van der Waals surface area contributed by atoms with Gasteiger partial charge in [-0.2, -0.15) is 0 Å². The molecular weight excluding hydrogens is 412 g/mol. The minimum absolute atomic E-state index is 0.255. The first-order valence-electron chi connectivity index (χ1n) is 10.8. The molecule has 0 bridgehead atoms. The number of H-pyrrole nitrogens is 4. The van der Waals surface area contributed by atoms with E-state index >= 15 is 0 Å². The van der Waals surface area contributed by atoms with Crippen molar-refractivity contribution in [3.8, 4) is 22.5 Å². The monoisotopic (exact) mass is 436 g/mol. The van der Waals surface area contributed by atoms with Gasteiger partial charge in [0.1, 0.15) is 0 Å². The van der Waals surface area contributed by atoms with Gasteiger partial charge >= 0.3 is 0 Å². The molecule has 0 amide bonds. The molecule has 164 valence electrons. The summed E-state index contributed by atoms with van der Waals surface area (Å²) in [5.74, 6) is -0.580. The van der Waals surface area contributed by atoms with Crippen molar-refractivity contribution in [1.29, 1.82) is 0 Å². The fourth-order valence-electron chi connectivity index (χ4n) is 4.30. The van der Waals surface area contributed by atoms with Crippen molar-refractivity contribution >= 4 is 0 Å². The number of hydrogen-bond donors (Lipinski definition) is 4. The Morgan fingerprint density at radius 3 is 1.39 bits per heavy atom. The van der Waals surface area contributed by atoms with E-state index < -0.39 is 5.92 Å². The van der Waals surface area contributed by atoms with Gasteiger partial charge in [-0.15, -0.1) is 0 Å². The average molecular weight is 437 g/mol. The highest BCUT2D eigenvalue weighted by Crippen LogP contribution is 2.37. The van der Waals surface area contributed by atoms with Gasteiger partial charge in [0.05, 0.1) is 22.5 Å². The molecule has 0 aliphatic rings. The van der Waals surface area contributed by atoms with E-state index in [2.05, 4.69) is 20.4 Å². The lowest BCUT2D eigenvalue weighted by Crippen LogP contribution is -2.20. The standard InChI is InChI=1S/C27H24N4O2/c1-16-8-12-19(13-9-16)24-22(26(32)30-28-24)21(18-6-4-3-5-7-18)23-25(29-31-27(23)33)20-14-10-17(2)11-15-20/h3-15,21H,1-2H3,(H2,28,30,32)(H2,29,31,33). The highest BCUT2D eigenvalue weighted by Gasteiger charge is 2.30. The van der Waals surface area contributed by atoms with Crippen molar-refractivity contribution in [3.63, 3.8) is 0 Å². The number of hydrogen-bond acceptors (Lipinski definition) is 2. The summed E-state index contributed by atoms with van der Waals surface area (Å²) in [6.45, 7) is 4.04. The molecule has 0 radical (unpaired) electrons. The second kappa shape index (κ2) is 8.31. The first-order chi connectivity index (χ1) is 16.0. The second-order valence-corrected chi connectivity index (χ2v) is 8.31. The molecule has 0 atom stereocenters. The molecule has 3 aromatic carbocycles. The molecule has 6 heteroatoms. The minimum Gasteiger partial charge on any atom is -0.297 e. The van der Waals surface area contributed by atoms with Gasteiger partial charge in [-0.3, -0.25) is 30.0 Å². The molecule has 33 heavy (non-hydrogen) atoms. The Hall–Kier alpha value is -4.32. The lowest BCUT2D eigenvalue weighted by molar-refractivity contribution is 0.954. The van der Waals surface area contributed by atoms with Crippen LogP contribution < -0.4 is 11.1 Å². The van der Waals surface area contributed by atoms with Crippen molar-refractivity contribution in [2.24, 2.45) is 0 Å². The van der Waals surface area contributed by atoms with E-state index in [0.717, 1.165) is 27.8 Å². The van der Waals surface area contributed by atoms with Crippen LogP contribution in [0.2, 0.25) is 0 Å². The predicted molar refractivity (Wildman–Crippen MR) is 131 cm³/mol. The maximum Gasteiger partial charge on any atom is 0.268 e. The summed E-state index contributed by atoms with van der Waals surface area (Å²) in [7, 11) is 0. The van der Waals surface area contributed by atoms with Gasteiger partial charge in [0, 0.05) is 5.92 Å². The summed E-state index contributed by atoms with van der Waals surface area (Å²) in [6, 6.07) is 25.6. The molecule has 5 aromatic rings. The molecule has 0 spiro atoms. The summed E-state index contributed by atoms with van der Waals surface area (Å²) in [5.41, 5.74) is 6.69. The largest absolute Gasteiger partial charge is 0.297 e. The minimum atomic E-state index is -0.580. The van der Waals surface area contributed by atoms with Crippen molar-refractivity contribution in [2.75, 3.05) is 0 Å². The van der Waals surface area contributed by atoms with Crippen molar-refractivity contribution in [1.82, 2.24) is 20.4 Å². The van der Waals surface area contributed by atoms with Crippen molar-refractivity contribution in [2.45, 2.75) is 19.8 Å². The zero-order chi connectivity index (χ0) is 22.9. The van der Waals surface area contributed by atoms with Crippen LogP contribution in [0, 0.1) is 13.8 Å². The first kappa shape index (κ1) is 20.6. The number of aromatic amines is 4. The van der Waals surface area contributed by atoms with Gasteiger partial charge in [-0.05, 0) is 30.5 Å². The smallest absolute Gasteiger partial charge is 0.268 e. The Morgan fingerprint density at radius 1 is 0.545 bits per heavy atom. The fraction of sp³-hybridized carbons (Fsp3) is 0.111. The third kappa shape index (κ3) is 3.76. The zero-order valence-electron chi connectivity index (χ0n) is 18.4. The Morgan fingerprint density at radius 2 is 0.970 bits per heavy atom.